The van der Waals surface area contributed by atoms with Crippen molar-refractivity contribution >= 4 is 18.1 Å². The zero-order chi connectivity index (χ0) is 31.7. The SMILES string of the molecule is CC1CCC(Cc2ccc(/C=C/COO[C@H]3CO[C@@H]4C(OC(=O)/C=C/c5ccc(CC6CCC(C)CC6)cc5)CO[C@H]34)cc2)CC1. The predicted octanol–water partition coefficient (Wildman–Crippen LogP) is 8.18. The molecule has 4 fully saturated rings. The van der Waals surface area contributed by atoms with Crippen LogP contribution in [0.3, 0.4) is 0 Å². The summed E-state index contributed by atoms with van der Waals surface area (Å²) in [6.45, 7) is 5.66. The lowest BCUT2D eigenvalue weighted by atomic mass is 9.80. The Labute approximate surface area is 275 Å². The highest BCUT2D eigenvalue weighted by atomic mass is 17.2. The van der Waals surface area contributed by atoms with E-state index in [1.807, 2.05) is 12.2 Å². The molecule has 2 saturated heterocycles. The molecular formula is C40H52O6. The van der Waals surface area contributed by atoms with Crippen LogP contribution in [-0.4, -0.2) is 50.2 Å². The molecule has 6 nitrogen and oxygen atoms in total. The second-order valence-corrected chi connectivity index (χ2v) is 14.4. The van der Waals surface area contributed by atoms with Crippen LogP contribution in [0.5, 0.6) is 0 Å². The summed E-state index contributed by atoms with van der Waals surface area (Å²) in [5.74, 6) is 3.00. The van der Waals surface area contributed by atoms with Crippen molar-refractivity contribution in [3.05, 3.63) is 82.9 Å². The van der Waals surface area contributed by atoms with Gasteiger partial charge in [0.2, 0.25) is 0 Å². The molecule has 0 spiro atoms. The Bertz CT molecular complexity index is 1280. The average molecular weight is 629 g/mol. The van der Waals surface area contributed by atoms with Gasteiger partial charge in [-0.3, -0.25) is 0 Å². The molecule has 2 aliphatic carbocycles. The minimum absolute atomic E-state index is 0.277. The summed E-state index contributed by atoms with van der Waals surface area (Å²) in [5, 5.41) is 0. The molecule has 0 N–H and O–H groups in total. The molecule has 4 aliphatic rings. The molecule has 2 aliphatic heterocycles. The summed E-state index contributed by atoms with van der Waals surface area (Å²) < 4.78 is 17.5. The van der Waals surface area contributed by atoms with Crippen LogP contribution in [-0.2, 0) is 41.6 Å². The Morgan fingerprint density at radius 2 is 1.20 bits per heavy atom. The summed E-state index contributed by atoms with van der Waals surface area (Å²) in [7, 11) is 0. The van der Waals surface area contributed by atoms with Crippen LogP contribution in [0.2, 0.25) is 0 Å². The van der Waals surface area contributed by atoms with Crippen molar-refractivity contribution in [2.75, 3.05) is 19.8 Å². The molecular weight excluding hydrogens is 576 g/mol. The van der Waals surface area contributed by atoms with Crippen molar-refractivity contribution in [2.45, 2.75) is 102 Å². The molecule has 46 heavy (non-hydrogen) atoms. The second kappa shape index (κ2) is 16.4. The van der Waals surface area contributed by atoms with Crippen molar-refractivity contribution in [2.24, 2.45) is 23.7 Å². The molecule has 6 rings (SSSR count). The zero-order valence-corrected chi connectivity index (χ0v) is 27.7. The fourth-order valence-electron chi connectivity index (χ4n) is 7.58. The van der Waals surface area contributed by atoms with Crippen LogP contribution >= 0.6 is 0 Å². The summed E-state index contributed by atoms with van der Waals surface area (Å²) in [6, 6.07) is 17.3. The number of esters is 1. The van der Waals surface area contributed by atoms with E-state index in [4.69, 9.17) is 24.0 Å². The smallest absolute Gasteiger partial charge is 0.331 e. The van der Waals surface area contributed by atoms with Gasteiger partial charge in [-0.1, -0.05) is 100 Å². The number of hydrogen-bond donors (Lipinski definition) is 0. The highest BCUT2D eigenvalue weighted by molar-refractivity contribution is 5.87. The lowest BCUT2D eigenvalue weighted by Gasteiger charge is -2.26. The van der Waals surface area contributed by atoms with E-state index in [1.165, 1.54) is 75.0 Å². The molecule has 2 saturated carbocycles. The van der Waals surface area contributed by atoms with Crippen LogP contribution in [0.1, 0.15) is 87.5 Å². The Morgan fingerprint density at radius 3 is 1.76 bits per heavy atom. The highest BCUT2D eigenvalue weighted by Gasteiger charge is 2.50. The van der Waals surface area contributed by atoms with Gasteiger partial charge in [-0.05, 0) is 90.5 Å². The lowest BCUT2D eigenvalue weighted by Crippen LogP contribution is -2.34. The van der Waals surface area contributed by atoms with Crippen molar-refractivity contribution in [3.63, 3.8) is 0 Å². The first-order valence-corrected chi connectivity index (χ1v) is 17.7. The first-order chi connectivity index (χ1) is 22.5. The van der Waals surface area contributed by atoms with Gasteiger partial charge in [-0.2, -0.15) is 0 Å². The van der Waals surface area contributed by atoms with Crippen LogP contribution in [0.25, 0.3) is 12.2 Å². The Kier molecular flexibility index (Phi) is 11.8. The van der Waals surface area contributed by atoms with Crippen LogP contribution < -0.4 is 0 Å². The average Bonchev–Trinajstić information content (AvgIpc) is 3.66. The van der Waals surface area contributed by atoms with Crippen LogP contribution in [0.15, 0.2) is 60.7 Å². The molecule has 1 unspecified atom stereocenters. The fourth-order valence-corrected chi connectivity index (χ4v) is 7.58. The second-order valence-electron chi connectivity index (χ2n) is 14.4. The van der Waals surface area contributed by atoms with Gasteiger partial charge < -0.3 is 14.2 Å². The van der Waals surface area contributed by atoms with Gasteiger partial charge in [0.05, 0.1) is 13.2 Å². The van der Waals surface area contributed by atoms with Gasteiger partial charge >= 0.3 is 5.97 Å². The molecule has 6 heteroatoms. The first kappa shape index (κ1) is 33.1. The Balaban J connectivity index is 0.873. The Morgan fingerprint density at radius 1 is 0.696 bits per heavy atom. The topological polar surface area (TPSA) is 63.2 Å². The van der Waals surface area contributed by atoms with E-state index in [0.29, 0.717) is 13.2 Å². The maximum absolute atomic E-state index is 12.6. The molecule has 2 aromatic carbocycles. The minimum atomic E-state index is -0.471. The van der Waals surface area contributed by atoms with Crippen LogP contribution in [0.4, 0.5) is 0 Å². The molecule has 2 heterocycles. The number of carbonyl (C=O) groups is 1. The highest BCUT2D eigenvalue weighted by Crippen LogP contribution is 2.33. The maximum atomic E-state index is 12.6. The van der Waals surface area contributed by atoms with E-state index >= 15 is 0 Å². The van der Waals surface area contributed by atoms with Crippen molar-refractivity contribution in [3.8, 4) is 0 Å². The number of rotatable bonds is 12. The monoisotopic (exact) mass is 628 g/mol. The molecule has 4 atom stereocenters. The summed E-state index contributed by atoms with van der Waals surface area (Å²) in [4.78, 5) is 23.7. The summed E-state index contributed by atoms with van der Waals surface area (Å²) in [6.07, 6.45) is 18.9. The maximum Gasteiger partial charge on any atom is 0.331 e. The Hall–Kier alpha value is -2.77. The first-order valence-electron chi connectivity index (χ1n) is 17.7. The number of carbonyl (C=O) groups excluding carboxylic acids is 1. The minimum Gasteiger partial charge on any atom is -0.454 e. The number of benzene rings is 2. The standard InChI is InChI=1S/C40H52O6/c1-28-5-9-32(10-6-28)24-34-17-13-30(14-18-34)4-3-23-44-46-37-27-43-39-36(26-42-40(37)39)45-38(41)22-21-31-15-19-35(20-16-31)25-33-11-7-29(2)8-12-33/h3-4,13-22,28-29,32-33,36-37,39-40H,5-12,23-27H2,1-2H3/b4-3+,22-21+/t28?,29?,32?,33?,36?,37-,39+,40+/m0/s1. The molecule has 0 amide bonds. The van der Waals surface area contributed by atoms with E-state index in [2.05, 4.69) is 62.4 Å². The van der Waals surface area contributed by atoms with E-state index < -0.39 is 12.1 Å². The van der Waals surface area contributed by atoms with E-state index in [-0.39, 0.29) is 24.9 Å². The predicted molar refractivity (Wildman–Crippen MR) is 181 cm³/mol. The van der Waals surface area contributed by atoms with Gasteiger partial charge in [-0.25, -0.2) is 14.6 Å². The quantitative estimate of drug-likeness (QED) is 0.0777. The van der Waals surface area contributed by atoms with Crippen LogP contribution in [0, 0.1) is 23.7 Å². The lowest BCUT2D eigenvalue weighted by molar-refractivity contribution is -0.326. The van der Waals surface area contributed by atoms with Crippen molar-refractivity contribution in [1.82, 2.24) is 0 Å². The largest absolute Gasteiger partial charge is 0.454 e. The van der Waals surface area contributed by atoms with Gasteiger partial charge in [0.1, 0.15) is 24.9 Å². The van der Waals surface area contributed by atoms with E-state index in [0.717, 1.165) is 41.2 Å². The number of fused-ring (bicyclic) bond motifs is 1. The number of hydrogen-bond acceptors (Lipinski definition) is 6. The summed E-state index contributed by atoms with van der Waals surface area (Å²) >= 11 is 0. The molecule has 0 bridgehead atoms. The van der Waals surface area contributed by atoms with E-state index in [9.17, 15) is 4.79 Å². The fraction of sp³-hybridized carbons (Fsp3) is 0.575. The molecule has 0 aromatic heterocycles. The zero-order valence-electron chi connectivity index (χ0n) is 27.7. The molecule has 0 radical (unpaired) electrons. The molecule has 2 aromatic rings. The van der Waals surface area contributed by atoms with Gasteiger partial charge in [0, 0.05) is 6.08 Å². The number of ether oxygens (including phenoxy) is 3. The third kappa shape index (κ3) is 9.41. The van der Waals surface area contributed by atoms with Gasteiger partial charge in [0.15, 0.2) is 6.10 Å². The molecule has 248 valence electrons. The normalized spacial score (nSPS) is 31.4. The third-order valence-corrected chi connectivity index (χ3v) is 10.6. The van der Waals surface area contributed by atoms with Gasteiger partial charge in [-0.15, -0.1) is 0 Å². The third-order valence-electron chi connectivity index (χ3n) is 10.6. The van der Waals surface area contributed by atoms with E-state index in [1.54, 1.807) is 6.08 Å². The van der Waals surface area contributed by atoms with Crippen molar-refractivity contribution < 1.29 is 28.8 Å². The van der Waals surface area contributed by atoms with Gasteiger partial charge in [0.25, 0.3) is 0 Å². The van der Waals surface area contributed by atoms with Crippen molar-refractivity contribution in [1.29, 1.82) is 0 Å². The summed E-state index contributed by atoms with van der Waals surface area (Å²) in [5.41, 5.74) is 4.92.